The quantitative estimate of drug-likeness (QED) is 0.165. The highest BCUT2D eigenvalue weighted by Gasteiger charge is 2.39. The van der Waals surface area contributed by atoms with Crippen molar-refractivity contribution < 1.29 is 0 Å². The minimum atomic E-state index is 0.864. The maximum Gasteiger partial charge on any atom is 0.0553 e. The van der Waals surface area contributed by atoms with Crippen LogP contribution in [0.2, 0.25) is 0 Å². The molecule has 4 heteroatoms. The number of para-hydroxylation sites is 4. The van der Waals surface area contributed by atoms with Crippen LogP contribution in [0.25, 0.3) is 0 Å². The molecule has 0 atom stereocenters. The summed E-state index contributed by atoms with van der Waals surface area (Å²) in [6.07, 6.45) is 3.46. The predicted molar refractivity (Wildman–Crippen MR) is 275 cm³/mol. The number of nitrogens with zero attached hydrogens (tertiary/aromatic N) is 4. The lowest BCUT2D eigenvalue weighted by atomic mass is 9.81. The second kappa shape index (κ2) is 14.9. The molecule has 0 amide bonds. The molecular formula is C62H50N4. The molecule has 13 rings (SSSR count). The van der Waals surface area contributed by atoms with E-state index in [4.69, 9.17) is 0 Å². The van der Waals surface area contributed by atoms with E-state index < -0.39 is 0 Å². The Morgan fingerprint density at radius 1 is 0.318 bits per heavy atom. The van der Waals surface area contributed by atoms with E-state index in [0.717, 1.165) is 25.7 Å². The van der Waals surface area contributed by atoms with Gasteiger partial charge >= 0.3 is 0 Å². The van der Waals surface area contributed by atoms with Crippen LogP contribution in [0.1, 0.15) is 66.8 Å². The van der Waals surface area contributed by atoms with Crippen molar-refractivity contribution in [1.82, 2.24) is 0 Å². The number of anilines is 12. The van der Waals surface area contributed by atoms with Gasteiger partial charge in [0.05, 0.1) is 34.1 Å². The van der Waals surface area contributed by atoms with Crippen molar-refractivity contribution in [1.29, 1.82) is 0 Å². The van der Waals surface area contributed by atoms with E-state index in [0.29, 0.717) is 0 Å². The SMILES string of the molecule is Cc1ccc(N(c2ccccc2)c2ccc3c4c2Cc2ccccc2N4c2cc4c(cc2C3)N2c3ccccc3Cc3c(N(c5ccccc5)c5ccc(C)cc5C)ccc(c32)C4)c(C)c1. The van der Waals surface area contributed by atoms with Crippen LogP contribution in [-0.4, -0.2) is 0 Å². The summed E-state index contributed by atoms with van der Waals surface area (Å²) < 4.78 is 0. The Bertz CT molecular complexity index is 3210. The van der Waals surface area contributed by atoms with Gasteiger partial charge in [-0.15, -0.1) is 0 Å². The van der Waals surface area contributed by atoms with Crippen LogP contribution >= 0.6 is 0 Å². The Balaban J connectivity index is 0.996. The first-order chi connectivity index (χ1) is 32.4. The van der Waals surface area contributed by atoms with Crippen molar-refractivity contribution in [2.45, 2.75) is 53.4 Å². The molecule has 0 fully saturated rings. The summed E-state index contributed by atoms with van der Waals surface area (Å²) in [6.45, 7) is 8.86. The summed E-state index contributed by atoms with van der Waals surface area (Å²) in [7, 11) is 0. The van der Waals surface area contributed by atoms with Gasteiger partial charge in [-0.3, -0.25) is 0 Å². The molecule has 66 heavy (non-hydrogen) atoms. The maximum atomic E-state index is 2.62. The molecule has 0 radical (unpaired) electrons. The summed E-state index contributed by atoms with van der Waals surface area (Å²) in [5.74, 6) is 0. The van der Waals surface area contributed by atoms with Crippen LogP contribution in [0.4, 0.5) is 68.2 Å². The third kappa shape index (κ3) is 5.91. The molecule has 9 aromatic carbocycles. The summed E-state index contributed by atoms with van der Waals surface area (Å²) >= 11 is 0. The Kier molecular flexibility index (Phi) is 8.70. The number of fused-ring (bicyclic) bond motifs is 8. The van der Waals surface area contributed by atoms with E-state index in [9.17, 15) is 0 Å². The van der Waals surface area contributed by atoms with Crippen molar-refractivity contribution in [3.63, 3.8) is 0 Å². The molecule has 9 aromatic rings. The Morgan fingerprint density at radius 2 is 0.712 bits per heavy atom. The zero-order chi connectivity index (χ0) is 44.2. The Hall–Kier alpha value is -7.82. The van der Waals surface area contributed by atoms with Crippen LogP contribution < -0.4 is 19.6 Å². The number of rotatable bonds is 6. The molecule has 0 spiro atoms. The van der Waals surface area contributed by atoms with E-state index in [-0.39, 0.29) is 0 Å². The van der Waals surface area contributed by atoms with Crippen LogP contribution in [0.3, 0.4) is 0 Å². The first-order valence-electron chi connectivity index (χ1n) is 23.4. The highest BCUT2D eigenvalue weighted by atomic mass is 15.2. The standard InChI is InChI=1S/C62H50N4/c1-39-23-27-53(41(3)31-39)63(49-17-7-5-8-18-49)57-29-25-45-33-47-38-60-48(37-59(47)65-55-21-13-11-15-43(55)35-51(57)61(45)65)34-46-26-30-58(52-36-44-16-12-14-22-56(44)66(60)62(46)52)64(50-19-9-6-10-20-50)54-28-24-40(2)32-42(54)4/h5-32,37-38H,33-36H2,1-4H3. The van der Waals surface area contributed by atoms with E-state index >= 15 is 0 Å². The van der Waals surface area contributed by atoms with E-state index in [1.807, 2.05) is 0 Å². The second-order valence-electron chi connectivity index (χ2n) is 18.8. The summed E-state index contributed by atoms with van der Waals surface area (Å²) in [5, 5.41) is 0. The molecule has 4 heterocycles. The Labute approximate surface area is 388 Å². The van der Waals surface area contributed by atoms with E-state index in [1.165, 1.54) is 135 Å². The first-order valence-corrected chi connectivity index (χ1v) is 23.4. The fourth-order valence-corrected chi connectivity index (χ4v) is 11.7. The Morgan fingerprint density at radius 3 is 1.14 bits per heavy atom. The van der Waals surface area contributed by atoms with Gasteiger partial charge in [-0.2, -0.15) is 0 Å². The lowest BCUT2D eigenvalue weighted by Gasteiger charge is -2.44. The first kappa shape index (κ1) is 38.6. The average Bonchev–Trinajstić information content (AvgIpc) is 3.34. The van der Waals surface area contributed by atoms with Gasteiger partial charge in [0.25, 0.3) is 0 Å². The molecule has 318 valence electrons. The van der Waals surface area contributed by atoms with Gasteiger partial charge in [0, 0.05) is 70.9 Å². The largest absolute Gasteiger partial charge is 0.310 e. The zero-order valence-electron chi connectivity index (χ0n) is 37.9. The van der Waals surface area contributed by atoms with Crippen LogP contribution in [-0.2, 0) is 25.7 Å². The van der Waals surface area contributed by atoms with Gasteiger partial charge in [-0.05, 0) is 145 Å². The van der Waals surface area contributed by atoms with Crippen LogP contribution in [0, 0.1) is 27.7 Å². The van der Waals surface area contributed by atoms with Crippen LogP contribution in [0.5, 0.6) is 0 Å². The fraction of sp³-hybridized carbons (Fsp3) is 0.129. The molecule has 0 aromatic heterocycles. The molecule has 0 aliphatic carbocycles. The number of benzene rings is 9. The molecule has 0 saturated heterocycles. The topological polar surface area (TPSA) is 13.0 Å². The molecule has 0 unspecified atom stereocenters. The normalized spacial score (nSPS) is 13.5. The zero-order valence-corrected chi connectivity index (χ0v) is 37.9. The summed E-state index contributed by atoms with van der Waals surface area (Å²) in [5.41, 5.74) is 31.0. The van der Waals surface area contributed by atoms with Gasteiger partial charge in [0.2, 0.25) is 0 Å². The molecule has 4 nitrogen and oxygen atoms in total. The third-order valence-electron chi connectivity index (χ3n) is 14.6. The molecular weight excluding hydrogens is 801 g/mol. The number of hydrogen-bond donors (Lipinski definition) is 0. The minimum absolute atomic E-state index is 0.864. The van der Waals surface area contributed by atoms with Crippen molar-refractivity contribution >= 4 is 68.2 Å². The number of aryl methyl sites for hydroxylation is 4. The monoisotopic (exact) mass is 850 g/mol. The highest BCUT2D eigenvalue weighted by molar-refractivity contribution is 5.99. The van der Waals surface area contributed by atoms with Crippen molar-refractivity contribution in [2.24, 2.45) is 0 Å². The lowest BCUT2D eigenvalue weighted by molar-refractivity contribution is 0.977. The second-order valence-corrected chi connectivity index (χ2v) is 18.8. The molecule has 4 aliphatic rings. The summed E-state index contributed by atoms with van der Waals surface area (Å²) in [4.78, 5) is 10.2. The average molecular weight is 851 g/mol. The third-order valence-corrected chi connectivity index (χ3v) is 14.6. The lowest BCUT2D eigenvalue weighted by Crippen LogP contribution is -2.29. The maximum absolute atomic E-state index is 2.62. The molecule has 4 aliphatic heterocycles. The fourth-order valence-electron chi connectivity index (χ4n) is 11.7. The minimum Gasteiger partial charge on any atom is -0.310 e. The summed E-state index contributed by atoms with van der Waals surface area (Å²) in [6, 6.07) is 68.4. The van der Waals surface area contributed by atoms with Gasteiger partial charge in [-0.25, -0.2) is 0 Å². The van der Waals surface area contributed by atoms with Crippen molar-refractivity contribution in [3.05, 3.63) is 249 Å². The van der Waals surface area contributed by atoms with E-state index in [1.54, 1.807) is 0 Å². The van der Waals surface area contributed by atoms with Gasteiger partial charge in [0.15, 0.2) is 0 Å². The molecule has 0 N–H and O–H groups in total. The number of hydrogen-bond acceptors (Lipinski definition) is 4. The van der Waals surface area contributed by atoms with Gasteiger partial charge in [0.1, 0.15) is 0 Å². The molecule has 0 bridgehead atoms. The van der Waals surface area contributed by atoms with Gasteiger partial charge in [-0.1, -0.05) is 120 Å². The smallest absolute Gasteiger partial charge is 0.0553 e. The van der Waals surface area contributed by atoms with Gasteiger partial charge < -0.3 is 19.6 Å². The van der Waals surface area contributed by atoms with E-state index in [2.05, 4.69) is 229 Å². The van der Waals surface area contributed by atoms with Crippen molar-refractivity contribution in [2.75, 3.05) is 19.6 Å². The highest BCUT2D eigenvalue weighted by Crippen LogP contribution is 2.59. The van der Waals surface area contributed by atoms with Crippen LogP contribution in [0.15, 0.2) is 182 Å². The predicted octanol–water partition coefficient (Wildman–Crippen LogP) is 16.4. The van der Waals surface area contributed by atoms with Crippen molar-refractivity contribution in [3.8, 4) is 0 Å². The molecule has 0 saturated carbocycles.